The molecule has 1 spiro atoms. The van der Waals surface area contributed by atoms with Crippen LogP contribution in [0, 0.1) is 0 Å². The van der Waals surface area contributed by atoms with Crippen LogP contribution in [0.1, 0.15) is 42.6 Å². The van der Waals surface area contributed by atoms with E-state index < -0.39 is 0 Å². The molecule has 1 amide bonds. The molecule has 1 N–H and O–H groups in total. The van der Waals surface area contributed by atoms with Gasteiger partial charge in [-0.25, -0.2) is 0 Å². The van der Waals surface area contributed by atoms with Crippen LogP contribution >= 0.6 is 0 Å². The van der Waals surface area contributed by atoms with Gasteiger partial charge >= 0.3 is 0 Å². The molecule has 1 aromatic rings. The van der Waals surface area contributed by atoms with Gasteiger partial charge < -0.3 is 19.3 Å². The van der Waals surface area contributed by atoms with Gasteiger partial charge in [-0.3, -0.25) is 4.79 Å². The number of aromatic nitrogens is 1. The van der Waals surface area contributed by atoms with Crippen molar-refractivity contribution < 1.29 is 18.8 Å². The summed E-state index contributed by atoms with van der Waals surface area (Å²) in [6.45, 7) is 0.979. The fourth-order valence-electron chi connectivity index (χ4n) is 2.70. The average Bonchev–Trinajstić information content (AvgIpc) is 3.08. The SMILES string of the molecule is O=C(NC[C@@H]1COC2(CCCCC2)O1)c1ccon1. The van der Waals surface area contributed by atoms with Gasteiger partial charge in [0.1, 0.15) is 12.4 Å². The van der Waals surface area contributed by atoms with Gasteiger partial charge in [-0.05, 0) is 12.8 Å². The van der Waals surface area contributed by atoms with E-state index in [-0.39, 0.29) is 23.5 Å². The Morgan fingerprint density at radius 1 is 1.42 bits per heavy atom. The molecule has 1 aliphatic carbocycles. The third-order valence-corrected chi connectivity index (χ3v) is 3.69. The molecular weight excluding hydrogens is 248 g/mol. The van der Waals surface area contributed by atoms with E-state index in [0.29, 0.717) is 13.2 Å². The zero-order valence-electron chi connectivity index (χ0n) is 10.8. The Bertz CT molecular complexity index is 426. The topological polar surface area (TPSA) is 73.6 Å². The van der Waals surface area contributed by atoms with Crippen LogP contribution in [0.2, 0.25) is 0 Å². The Kier molecular flexibility index (Phi) is 3.52. The Morgan fingerprint density at radius 2 is 2.26 bits per heavy atom. The minimum absolute atomic E-state index is 0.0750. The number of hydrogen-bond acceptors (Lipinski definition) is 5. The summed E-state index contributed by atoms with van der Waals surface area (Å²) in [6.07, 6.45) is 6.77. The predicted molar refractivity (Wildman–Crippen MR) is 65.5 cm³/mol. The van der Waals surface area contributed by atoms with Gasteiger partial charge in [-0.15, -0.1) is 0 Å². The van der Waals surface area contributed by atoms with Crippen LogP contribution in [0.25, 0.3) is 0 Å². The summed E-state index contributed by atoms with van der Waals surface area (Å²) < 4.78 is 16.4. The molecule has 1 saturated carbocycles. The molecule has 2 heterocycles. The number of carbonyl (C=O) groups is 1. The lowest BCUT2D eigenvalue weighted by atomic mass is 9.94. The molecule has 1 saturated heterocycles. The molecule has 104 valence electrons. The number of carbonyl (C=O) groups excluding carboxylic acids is 1. The fourth-order valence-corrected chi connectivity index (χ4v) is 2.70. The van der Waals surface area contributed by atoms with E-state index in [0.717, 1.165) is 25.7 Å². The molecule has 1 aromatic heterocycles. The lowest BCUT2D eigenvalue weighted by molar-refractivity contribution is -0.186. The van der Waals surface area contributed by atoms with Gasteiger partial charge in [0.05, 0.1) is 6.61 Å². The standard InChI is InChI=1S/C13H18N2O4/c16-12(11-4-7-18-15-11)14-8-10-9-17-13(19-10)5-2-1-3-6-13/h4,7,10H,1-3,5-6,8-9H2,(H,14,16)/t10-/m1/s1. The van der Waals surface area contributed by atoms with Crippen LogP contribution in [0.15, 0.2) is 16.9 Å². The van der Waals surface area contributed by atoms with Gasteiger partial charge in [0.25, 0.3) is 5.91 Å². The molecule has 3 rings (SSSR count). The van der Waals surface area contributed by atoms with E-state index in [9.17, 15) is 4.79 Å². The first-order chi connectivity index (χ1) is 9.27. The second kappa shape index (κ2) is 5.30. The van der Waals surface area contributed by atoms with E-state index in [4.69, 9.17) is 9.47 Å². The smallest absolute Gasteiger partial charge is 0.273 e. The van der Waals surface area contributed by atoms with Crippen molar-refractivity contribution in [1.29, 1.82) is 0 Å². The van der Waals surface area contributed by atoms with Crippen LogP contribution in [0.4, 0.5) is 0 Å². The highest BCUT2D eigenvalue weighted by Crippen LogP contribution is 2.37. The largest absolute Gasteiger partial charge is 0.364 e. The molecule has 0 bridgehead atoms. The van der Waals surface area contributed by atoms with Crippen molar-refractivity contribution in [3.63, 3.8) is 0 Å². The second-order valence-electron chi connectivity index (χ2n) is 5.12. The highest BCUT2D eigenvalue weighted by atomic mass is 16.7. The van der Waals surface area contributed by atoms with Crippen molar-refractivity contribution in [1.82, 2.24) is 10.5 Å². The number of nitrogens with zero attached hydrogens (tertiary/aromatic N) is 1. The van der Waals surface area contributed by atoms with Crippen molar-refractivity contribution in [3.05, 3.63) is 18.0 Å². The molecule has 0 unspecified atom stereocenters. The first-order valence-electron chi connectivity index (χ1n) is 6.78. The van der Waals surface area contributed by atoms with Gasteiger partial charge in [-0.2, -0.15) is 0 Å². The molecule has 2 aliphatic rings. The van der Waals surface area contributed by atoms with E-state index in [1.807, 2.05) is 0 Å². The first-order valence-corrected chi connectivity index (χ1v) is 6.78. The van der Waals surface area contributed by atoms with Crippen LogP contribution in [0.3, 0.4) is 0 Å². The zero-order chi connectivity index (χ0) is 13.1. The van der Waals surface area contributed by atoms with Crippen LogP contribution in [-0.2, 0) is 9.47 Å². The normalized spacial score (nSPS) is 25.6. The number of amides is 1. The van der Waals surface area contributed by atoms with Crippen molar-refractivity contribution in [2.75, 3.05) is 13.2 Å². The monoisotopic (exact) mass is 266 g/mol. The fraction of sp³-hybridized carbons (Fsp3) is 0.692. The number of nitrogens with one attached hydrogen (secondary N) is 1. The minimum atomic E-state index is -0.387. The van der Waals surface area contributed by atoms with Gasteiger partial charge in [0.2, 0.25) is 0 Å². The Morgan fingerprint density at radius 3 is 3.00 bits per heavy atom. The quantitative estimate of drug-likeness (QED) is 0.897. The third-order valence-electron chi connectivity index (χ3n) is 3.69. The molecule has 0 aromatic carbocycles. The zero-order valence-corrected chi connectivity index (χ0v) is 10.8. The summed E-state index contributed by atoms with van der Waals surface area (Å²) in [7, 11) is 0. The molecule has 1 atom stereocenters. The lowest BCUT2D eigenvalue weighted by Gasteiger charge is -2.31. The van der Waals surface area contributed by atoms with Crippen LogP contribution < -0.4 is 5.32 Å². The Labute approximate surface area is 111 Å². The van der Waals surface area contributed by atoms with Crippen molar-refractivity contribution in [2.24, 2.45) is 0 Å². The number of hydrogen-bond donors (Lipinski definition) is 1. The highest BCUT2D eigenvalue weighted by Gasteiger charge is 2.42. The molecule has 6 heteroatoms. The molecular formula is C13H18N2O4. The highest BCUT2D eigenvalue weighted by molar-refractivity contribution is 5.91. The summed E-state index contributed by atoms with van der Waals surface area (Å²) >= 11 is 0. The number of rotatable bonds is 3. The van der Waals surface area contributed by atoms with Crippen LogP contribution in [-0.4, -0.2) is 36.1 Å². The van der Waals surface area contributed by atoms with Crippen LogP contribution in [0.5, 0.6) is 0 Å². The number of ether oxygens (including phenoxy) is 2. The molecule has 0 radical (unpaired) electrons. The summed E-state index contributed by atoms with van der Waals surface area (Å²) in [5.41, 5.74) is 0.284. The maximum Gasteiger partial charge on any atom is 0.273 e. The Balaban J connectivity index is 1.48. The summed E-state index contributed by atoms with van der Waals surface area (Å²) in [5.74, 6) is -0.636. The summed E-state index contributed by atoms with van der Waals surface area (Å²) in [4.78, 5) is 11.7. The summed E-state index contributed by atoms with van der Waals surface area (Å²) in [5, 5.41) is 6.37. The maximum atomic E-state index is 11.7. The Hall–Kier alpha value is -1.40. The molecule has 2 fully saturated rings. The van der Waals surface area contributed by atoms with Gasteiger partial charge in [0.15, 0.2) is 11.5 Å². The lowest BCUT2D eigenvalue weighted by Crippen LogP contribution is -2.37. The van der Waals surface area contributed by atoms with Crippen molar-refractivity contribution in [3.8, 4) is 0 Å². The maximum absolute atomic E-state index is 11.7. The minimum Gasteiger partial charge on any atom is -0.364 e. The van der Waals surface area contributed by atoms with E-state index in [1.165, 1.54) is 18.8 Å². The summed E-state index contributed by atoms with van der Waals surface area (Å²) in [6, 6.07) is 1.53. The molecule has 19 heavy (non-hydrogen) atoms. The van der Waals surface area contributed by atoms with Gasteiger partial charge in [-0.1, -0.05) is 11.6 Å². The van der Waals surface area contributed by atoms with Crippen molar-refractivity contribution in [2.45, 2.75) is 44.0 Å². The predicted octanol–water partition coefficient (Wildman–Crippen LogP) is 1.48. The molecule has 6 nitrogen and oxygen atoms in total. The van der Waals surface area contributed by atoms with Gasteiger partial charge in [0, 0.05) is 25.5 Å². The average molecular weight is 266 g/mol. The van der Waals surface area contributed by atoms with E-state index in [1.54, 1.807) is 0 Å². The molecule has 1 aliphatic heterocycles. The van der Waals surface area contributed by atoms with E-state index >= 15 is 0 Å². The first kappa shape index (κ1) is 12.6. The second-order valence-corrected chi connectivity index (χ2v) is 5.12. The third kappa shape index (κ3) is 2.79. The van der Waals surface area contributed by atoms with Crippen molar-refractivity contribution >= 4 is 5.91 Å². The van der Waals surface area contributed by atoms with E-state index in [2.05, 4.69) is 15.0 Å².